The monoisotopic (exact) mass is 219 g/mol. The topological polar surface area (TPSA) is 98.1 Å². The van der Waals surface area contributed by atoms with Crippen molar-refractivity contribution in [2.45, 2.75) is 39.0 Å². The Bertz CT molecular complexity index is 231. The molecule has 0 saturated heterocycles. The molecule has 0 amide bonds. The van der Waals surface area contributed by atoms with Crippen LogP contribution in [0.25, 0.3) is 0 Å². The molecule has 2 atom stereocenters. The molecule has 0 saturated carbocycles. The van der Waals surface area contributed by atoms with Crippen molar-refractivity contribution in [1.82, 2.24) is 4.90 Å². The van der Waals surface area contributed by atoms with Crippen LogP contribution in [0.3, 0.4) is 0 Å². The van der Waals surface area contributed by atoms with Gasteiger partial charge in [-0.25, -0.2) is 0 Å². The minimum absolute atomic E-state index is 0.291. The van der Waals surface area contributed by atoms with Crippen LogP contribution in [0.5, 0.6) is 0 Å². The summed E-state index contributed by atoms with van der Waals surface area (Å²) >= 11 is 0. The minimum Gasteiger partial charge on any atom is -0.481 e. The van der Waals surface area contributed by atoms with Gasteiger partial charge in [0.05, 0.1) is 6.42 Å². The minimum atomic E-state index is -1.23. The van der Waals surface area contributed by atoms with Gasteiger partial charge in [0.25, 0.3) is 0 Å². The van der Waals surface area contributed by atoms with Gasteiger partial charge in [0.15, 0.2) is 0 Å². The summed E-state index contributed by atoms with van der Waals surface area (Å²) in [5.74, 6) is -2.42. The van der Waals surface area contributed by atoms with E-state index in [4.69, 9.17) is 10.2 Å². The molecule has 6 heteroatoms. The summed E-state index contributed by atoms with van der Waals surface area (Å²) < 4.78 is 0. The molecule has 0 aliphatic heterocycles. The highest BCUT2D eigenvalue weighted by Gasteiger charge is 2.30. The summed E-state index contributed by atoms with van der Waals surface area (Å²) in [5, 5.41) is 26.9. The van der Waals surface area contributed by atoms with E-state index in [1.54, 1.807) is 13.8 Å². The van der Waals surface area contributed by atoms with Crippen LogP contribution in [0, 0.1) is 0 Å². The number of rotatable bonds is 7. The van der Waals surface area contributed by atoms with E-state index in [0.717, 1.165) is 0 Å². The summed E-state index contributed by atoms with van der Waals surface area (Å²) in [5.41, 5.74) is 0. The first-order valence-electron chi connectivity index (χ1n) is 4.82. The van der Waals surface area contributed by atoms with E-state index in [9.17, 15) is 14.7 Å². The molecule has 0 aromatic carbocycles. The van der Waals surface area contributed by atoms with Crippen LogP contribution in [0.1, 0.15) is 26.7 Å². The number of carboxylic acid groups (broad SMARTS) is 2. The fourth-order valence-corrected chi connectivity index (χ4v) is 1.39. The first-order chi connectivity index (χ1) is 6.93. The second-order valence-corrected chi connectivity index (χ2v) is 3.17. The molecule has 0 radical (unpaired) electrons. The zero-order valence-corrected chi connectivity index (χ0v) is 8.88. The van der Waals surface area contributed by atoms with Gasteiger partial charge in [-0.3, -0.25) is 14.5 Å². The van der Waals surface area contributed by atoms with Gasteiger partial charge in [0.2, 0.25) is 0 Å². The summed E-state index contributed by atoms with van der Waals surface area (Å²) in [6.07, 6.45) is -1.08. The Morgan fingerprint density at radius 1 is 1.27 bits per heavy atom. The largest absolute Gasteiger partial charge is 0.481 e. The van der Waals surface area contributed by atoms with Gasteiger partial charge in [-0.2, -0.15) is 0 Å². The van der Waals surface area contributed by atoms with Crippen LogP contribution in [0.4, 0.5) is 0 Å². The Kier molecular flexibility index (Phi) is 5.88. The maximum Gasteiger partial charge on any atom is 0.321 e. The fraction of sp³-hybridized carbons (Fsp3) is 0.778. The van der Waals surface area contributed by atoms with Crippen LogP contribution in [-0.4, -0.2) is 51.0 Å². The maximum atomic E-state index is 10.8. The Balaban J connectivity index is 4.69. The number of aliphatic hydroxyl groups excluding tert-OH is 1. The highest BCUT2D eigenvalue weighted by atomic mass is 16.4. The van der Waals surface area contributed by atoms with Crippen molar-refractivity contribution in [3.63, 3.8) is 0 Å². The molecule has 0 bridgehead atoms. The average molecular weight is 219 g/mol. The lowest BCUT2D eigenvalue weighted by molar-refractivity contribution is -0.154. The number of nitrogens with zero attached hydrogens (tertiary/aromatic N) is 1. The molecule has 0 aliphatic rings. The van der Waals surface area contributed by atoms with Gasteiger partial charge in [-0.1, -0.05) is 13.8 Å². The Morgan fingerprint density at radius 3 is 2.07 bits per heavy atom. The lowest BCUT2D eigenvalue weighted by Crippen LogP contribution is -2.48. The normalized spacial score (nSPS) is 14.9. The average Bonchev–Trinajstić information content (AvgIpc) is 2.16. The summed E-state index contributed by atoms with van der Waals surface area (Å²) in [4.78, 5) is 22.6. The number of hydrogen-bond donors (Lipinski definition) is 3. The van der Waals surface area contributed by atoms with Gasteiger partial charge in [0.1, 0.15) is 12.3 Å². The molecule has 0 aliphatic carbocycles. The van der Waals surface area contributed by atoms with Crippen LogP contribution in [0.15, 0.2) is 0 Å². The number of carbonyl (C=O) groups is 2. The fourth-order valence-electron chi connectivity index (χ4n) is 1.39. The molecule has 3 N–H and O–H groups in total. The van der Waals surface area contributed by atoms with E-state index >= 15 is 0 Å². The van der Waals surface area contributed by atoms with Gasteiger partial charge in [-0.05, 0) is 13.0 Å². The molecule has 2 unspecified atom stereocenters. The lowest BCUT2D eigenvalue weighted by Gasteiger charge is -2.30. The third-order valence-corrected chi connectivity index (χ3v) is 2.17. The molecule has 0 heterocycles. The molecular weight excluding hydrogens is 202 g/mol. The van der Waals surface area contributed by atoms with Crippen LogP contribution in [-0.2, 0) is 9.59 Å². The third-order valence-electron chi connectivity index (χ3n) is 2.17. The molecule has 0 fully saturated rings. The van der Waals surface area contributed by atoms with Gasteiger partial charge >= 0.3 is 11.9 Å². The van der Waals surface area contributed by atoms with Crippen molar-refractivity contribution >= 4 is 11.9 Å². The van der Waals surface area contributed by atoms with E-state index in [1.165, 1.54) is 4.90 Å². The second-order valence-electron chi connectivity index (χ2n) is 3.17. The molecule has 6 nitrogen and oxygen atoms in total. The molecule has 88 valence electrons. The number of hydrogen-bond acceptors (Lipinski definition) is 4. The summed E-state index contributed by atoms with van der Waals surface area (Å²) in [7, 11) is 0. The van der Waals surface area contributed by atoms with E-state index in [-0.39, 0.29) is 0 Å². The van der Waals surface area contributed by atoms with Crippen molar-refractivity contribution in [2.75, 3.05) is 6.54 Å². The van der Waals surface area contributed by atoms with Crippen molar-refractivity contribution in [1.29, 1.82) is 0 Å². The third kappa shape index (κ3) is 4.26. The van der Waals surface area contributed by atoms with E-state index in [0.29, 0.717) is 13.0 Å². The molecule has 0 spiro atoms. The predicted molar refractivity (Wildman–Crippen MR) is 52.4 cm³/mol. The molecule has 15 heavy (non-hydrogen) atoms. The first-order valence-corrected chi connectivity index (χ1v) is 4.82. The molecule has 0 aromatic rings. The van der Waals surface area contributed by atoms with Gasteiger partial charge in [-0.15, -0.1) is 0 Å². The van der Waals surface area contributed by atoms with Gasteiger partial charge in [0, 0.05) is 0 Å². The zero-order chi connectivity index (χ0) is 12.0. The first kappa shape index (κ1) is 13.9. The standard InChI is InChI=1S/C9H17NO5/c1-3-7(11)10(4-2)6(9(14)15)5-8(12)13/h6-7,11H,3-5H2,1-2H3,(H,12,13)(H,14,15). The van der Waals surface area contributed by atoms with Crippen molar-refractivity contribution < 1.29 is 24.9 Å². The van der Waals surface area contributed by atoms with E-state index in [1.807, 2.05) is 0 Å². The number of aliphatic carboxylic acids is 2. The molecule has 0 rings (SSSR count). The lowest BCUT2D eigenvalue weighted by atomic mass is 10.1. The Labute approximate surface area is 88.1 Å². The quantitative estimate of drug-likeness (QED) is 0.520. The number of aliphatic hydroxyl groups is 1. The van der Waals surface area contributed by atoms with Crippen LogP contribution >= 0.6 is 0 Å². The zero-order valence-electron chi connectivity index (χ0n) is 8.88. The number of carboxylic acids is 2. The molecular formula is C9H17NO5. The van der Waals surface area contributed by atoms with Crippen molar-refractivity contribution in [2.24, 2.45) is 0 Å². The number of likely N-dealkylation sites (N-methyl/N-ethyl adjacent to an activating group) is 1. The smallest absolute Gasteiger partial charge is 0.321 e. The summed E-state index contributed by atoms with van der Waals surface area (Å²) in [6, 6.07) is -1.18. The Hall–Kier alpha value is -1.14. The van der Waals surface area contributed by atoms with Crippen LogP contribution in [0.2, 0.25) is 0 Å². The summed E-state index contributed by atoms with van der Waals surface area (Å²) in [6.45, 7) is 3.67. The van der Waals surface area contributed by atoms with E-state index in [2.05, 4.69) is 0 Å². The maximum absolute atomic E-state index is 10.8. The molecule has 0 aromatic heterocycles. The van der Waals surface area contributed by atoms with Gasteiger partial charge < -0.3 is 15.3 Å². The van der Waals surface area contributed by atoms with Crippen LogP contribution < -0.4 is 0 Å². The van der Waals surface area contributed by atoms with E-state index < -0.39 is 30.6 Å². The Morgan fingerprint density at radius 2 is 1.80 bits per heavy atom. The SMILES string of the molecule is CCC(O)N(CC)C(CC(=O)O)C(=O)O. The van der Waals surface area contributed by atoms with Crippen molar-refractivity contribution in [3.05, 3.63) is 0 Å². The highest BCUT2D eigenvalue weighted by molar-refractivity contribution is 5.80. The van der Waals surface area contributed by atoms with Crippen molar-refractivity contribution in [3.8, 4) is 0 Å². The highest BCUT2D eigenvalue weighted by Crippen LogP contribution is 2.10. The predicted octanol–water partition coefficient (Wildman–Crippen LogP) is -0.0354. The second kappa shape index (κ2) is 6.36.